The summed E-state index contributed by atoms with van der Waals surface area (Å²) in [5, 5.41) is 10.1. The summed E-state index contributed by atoms with van der Waals surface area (Å²) in [6.07, 6.45) is -0.897. The molecule has 1 atom stereocenters. The predicted octanol–water partition coefficient (Wildman–Crippen LogP) is 5.38. The SMILES string of the molecule is Cc1cccc(SCC(O)c2ccc(Br)c(Cl)c2F)c1. The maximum Gasteiger partial charge on any atom is 0.148 e. The van der Waals surface area contributed by atoms with Crippen molar-refractivity contribution >= 4 is 39.3 Å². The lowest BCUT2D eigenvalue weighted by atomic mass is 10.1. The van der Waals surface area contributed by atoms with E-state index in [0.717, 1.165) is 10.5 Å². The Hall–Kier alpha value is -0.550. The van der Waals surface area contributed by atoms with E-state index in [2.05, 4.69) is 15.9 Å². The second-order valence-corrected chi connectivity index (χ2v) is 6.73. The molecule has 0 fully saturated rings. The first-order valence-electron chi connectivity index (χ1n) is 6.00. The number of aliphatic hydroxyl groups is 1. The molecule has 0 radical (unpaired) electrons. The third-order valence-corrected chi connectivity index (χ3v) is 5.15. The monoisotopic (exact) mass is 374 g/mol. The van der Waals surface area contributed by atoms with Gasteiger partial charge >= 0.3 is 0 Å². The van der Waals surface area contributed by atoms with Gasteiger partial charge in [0, 0.05) is 20.7 Å². The molecule has 106 valence electrons. The van der Waals surface area contributed by atoms with Crippen molar-refractivity contribution in [2.75, 3.05) is 5.75 Å². The van der Waals surface area contributed by atoms with Crippen LogP contribution in [-0.2, 0) is 0 Å². The normalized spacial score (nSPS) is 12.4. The minimum Gasteiger partial charge on any atom is -0.387 e. The molecule has 2 rings (SSSR count). The molecule has 0 saturated carbocycles. The Balaban J connectivity index is 2.09. The Morgan fingerprint density at radius 1 is 1.35 bits per heavy atom. The molecule has 1 unspecified atom stereocenters. The molecule has 0 aliphatic carbocycles. The van der Waals surface area contributed by atoms with Gasteiger partial charge in [-0.1, -0.05) is 35.4 Å². The lowest BCUT2D eigenvalue weighted by molar-refractivity contribution is 0.199. The standard InChI is InChI=1S/C15H13BrClFOS/c1-9-3-2-4-10(7-9)20-8-13(19)11-5-6-12(16)14(17)15(11)18/h2-7,13,19H,8H2,1H3. The summed E-state index contributed by atoms with van der Waals surface area (Å²) in [5.74, 6) is -0.198. The summed E-state index contributed by atoms with van der Waals surface area (Å²) >= 11 is 10.5. The first kappa shape index (κ1) is 15.8. The highest BCUT2D eigenvalue weighted by atomic mass is 79.9. The first-order chi connectivity index (χ1) is 9.49. The van der Waals surface area contributed by atoms with E-state index < -0.39 is 11.9 Å². The van der Waals surface area contributed by atoms with Crippen LogP contribution in [0.25, 0.3) is 0 Å². The first-order valence-corrected chi connectivity index (χ1v) is 8.15. The number of aryl methyl sites for hydroxylation is 1. The lowest BCUT2D eigenvalue weighted by Gasteiger charge is -2.13. The summed E-state index contributed by atoms with van der Waals surface area (Å²) in [7, 11) is 0. The maximum absolute atomic E-state index is 14.0. The molecule has 0 aliphatic heterocycles. The van der Waals surface area contributed by atoms with Crippen LogP contribution in [0.15, 0.2) is 45.8 Å². The van der Waals surface area contributed by atoms with Gasteiger partial charge in [0.15, 0.2) is 0 Å². The van der Waals surface area contributed by atoms with Crippen LogP contribution >= 0.6 is 39.3 Å². The van der Waals surface area contributed by atoms with Crippen LogP contribution in [0.2, 0.25) is 5.02 Å². The molecular formula is C15H13BrClFOS. The third kappa shape index (κ3) is 3.76. The Bertz CT molecular complexity index is 621. The fourth-order valence-corrected chi connectivity index (χ4v) is 3.22. The van der Waals surface area contributed by atoms with Gasteiger partial charge in [-0.05, 0) is 41.1 Å². The van der Waals surface area contributed by atoms with Crippen LogP contribution in [0.1, 0.15) is 17.2 Å². The van der Waals surface area contributed by atoms with Gasteiger partial charge in [-0.3, -0.25) is 0 Å². The van der Waals surface area contributed by atoms with Gasteiger partial charge in [-0.15, -0.1) is 11.8 Å². The average molecular weight is 376 g/mol. The fourth-order valence-electron chi connectivity index (χ4n) is 1.77. The van der Waals surface area contributed by atoms with Gasteiger partial charge < -0.3 is 5.11 Å². The third-order valence-electron chi connectivity index (χ3n) is 2.82. The maximum atomic E-state index is 14.0. The number of benzene rings is 2. The molecule has 0 bridgehead atoms. The highest BCUT2D eigenvalue weighted by molar-refractivity contribution is 9.10. The number of aliphatic hydroxyl groups excluding tert-OH is 1. The highest BCUT2D eigenvalue weighted by Gasteiger charge is 2.17. The fraction of sp³-hybridized carbons (Fsp3) is 0.200. The van der Waals surface area contributed by atoms with Crippen molar-refractivity contribution in [2.45, 2.75) is 17.9 Å². The molecule has 20 heavy (non-hydrogen) atoms. The van der Waals surface area contributed by atoms with Crippen LogP contribution in [0.3, 0.4) is 0 Å². The smallest absolute Gasteiger partial charge is 0.148 e. The van der Waals surface area contributed by atoms with Crippen molar-refractivity contribution in [1.82, 2.24) is 0 Å². The van der Waals surface area contributed by atoms with E-state index >= 15 is 0 Å². The van der Waals surface area contributed by atoms with Crippen LogP contribution in [0.5, 0.6) is 0 Å². The zero-order valence-electron chi connectivity index (χ0n) is 10.7. The largest absolute Gasteiger partial charge is 0.387 e. The second-order valence-electron chi connectivity index (χ2n) is 4.41. The molecule has 2 aromatic carbocycles. The number of thioether (sulfide) groups is 1. The van der Waals surface area contributed by atoms with E-state index in [1.807, 2.05) is 31.2 Å². The van der Waals surface area contributed by atoms with Crippen molar-refractivity contribution in [3.63, 3.8) is 0 Å². The molecule has 1 N–H and O–H groups in total. The molecule has 0 saturated heterocycles. The summed E-state index contributed by atoms with van der Waals surface area (Å²) in [6.45, 7) is 2.01. The van der Waals surface area contributed by atoms with E-state index in [-0.39, 0.29) is 10.6 Å². The molecule has 0 heterocycles. The Kier molecular flexibility index (Phi) is 5.49. The number of hydrogen-bond donors (Lipinski definition) is 1. The Morgan fingerprint density at radius 3 is 2.80 bits per heavy atom. The van der Waals surface area contributed by atoms with Crippen molar-refractivity contribution in [2.24, 2.45) is 0 Å². The van der Waals surface area contributed by atoms with Gasteiger partial charge in [-0.25, -0.2) is 4.39 Å². The molecule has 0 amide bonds. The minimum atomic E-state index is -0.897. The molecule has 1 nitrogen and oxygen atoms in total. The van der Waals surface area contributed by atoms with Gasteiger partial charge in [0.25, 0.3) is 0 Å². The molecule has 0 aliphatic rings. The van der Waals surface area contributed by atoms with Gasteiger partial charge in [-0.2, -0.15) is 0 Å². The van der Waals surface area contributed by atoms with Crippen molar-refractivity contribution in [3.05, 3.63) is 62.8 Å². The van der Waals surface area contributed by atoms with Crippen LogP contribution in [0.4, 0.5) is 4.39 Å². The summed E-state index contributed by atoms with van der Waals surface area (Å²) < 4.78 is 14.5. The molecule has 5 heteroatoms. The quantitative estimate of drug-likeness (QED) is 0.572. The minimum absolute atomic E-state index is 0.00195. The number of halogens is 3. The van der Waals surface area contributed by atoms with Gasteiger partial charge in [0.1, 0.15) is 5.82 Å². The summed E-state index contributed by atoms with van der Waals surface area (Å²) in [6, 6.07) is 11.2. The predicted molar refractivity (Wildman–Crippen MR) is 86.0 cm³/mol. The Morgan fingerprint density at radius 2 is 2.10 bits per heavy atom. The Labute approximate surface area is 135 Å². The van der Waals surface area contributed by atoms with Crippen LogP contribution in [0, 0.1) is 12.7 Å². The van der Waals surface area contributed by atoms with E-state index in [4.69, 9.17) is 11.6 Å². The zero-order valence-corrected chi connectivity index (χ0v) is 13.9. The molecule has 0 spiro atoms. The summed E-state index contributed by atoms with van der Waals surface area (Å²) in [4.78, 5) is 1.05. The molecular weight excluding hydrogens is 363 g/mol. The topological polar surface area (TPSA) is 20.2 Å². The average Bonchev–Trinajstić information content (AvgIpc) is 2.42. The van der Waals surface area contributed by atoms with E-state index in [9.17, 15) is 9.50 Å². The zero-order chi connectivity index (χ0) is 14.7. The van der Waals surface area contributed by atoms with Gasteiger partial charge in [0.2, 0.25) is 0 Å². The van der Waals surface area contributed by atoms with Crippen LogP contribution in [-0.4, -0.2) is 10.9 Å². The van der Waals surface area contributed by atoms with Crippen molar-refractivity contribution in [3.8, 4) is 0 Å². The second kappa shape index (κ2) is 6.94. The van der Waals surface area contributed by atoms with Crippen molar-refractivity contribution < 1.29 is 9.50 Å². The van der Waals surface area contributed by atoms with E-state index in [0.29, 0.717) is 10.2 Å². The van der Waals surface area contributed by atoms with E-state index in [1.165, 1.54) is 11.8 Å². The molecule has 2 aromatic rings. The van der Waals surface area contributed by atoms with Crippen LogP contribution < -0.4 is 0 Å². The van der Waals surface area contributed by atoms with Crippen molar-refractivity contribution in [1.29, 1.82) is 0 Å². The lowest BCUT2D eigenvalue weighted by Crippen LogP contribution is -2.04. The summed E-state index contributed by atoms with van der Waals surface area (Å²) in [5.41, 5.74) is 1.38. The van der Waals surface area contributed by atoms with E-state index in [1.54, 1.807) is 12.1 Å². The highest BCUT2D eigenvalue weighted by Crippen LogP contribution is 2.32. The number of rotatable bonds is 4. The number of hydrogen-bond acceptors (Lipinski definition) is 2. The van der Waals surface area contributed by atoms with Gasteiger partial charge in [0.05, 0.1) is 11.1 Å². The molecule has 0 aromatic heterocycles.